The van der Waals surface area contributed by atoms with E-state index >= 15 is 0 Å². The van der Waals surface area contributed by atoms with Crippen molar-refractivity contribution in [1.29, 1.82) is 0 Å². The van der Waals surface area contributed by atoms with Crippen molar-refractivity contribution in [2.75, 3.05) is 50.0 Å². The molecule has 0 saturated carbocycles. The molecule has 0 aromatic heterocycles. The van der Waals surface area contributed by atoms with Crippen LogP contribution in [0, 0.1) is 0 Å². The lowest BCUT2D eigenvalue weighted by Gasteiger charge is -2.31. The Morgan fingerprint density at radius 3 is 2.79 bits per heavy atom. The van der Waals surface area contributed by atoms with E-state index in [-0.39, 0.29) is 0 Å². The van der Waals surface area contributed by atoms with Crippen LogP contribution in [-0.2, 0) is 0 Å². The summed E-state index contributed by atoms with van der Waals surface area (Å²) in [4.78, 5) is 5.00. The summed E-state index contributed by atoms with van der Waals surface area (Å²) in [5, 5.41) is 0. The Labute approximate surface area is 115 Å². The van der Waals surface area contributed by atoms with Gasteiger partial charge in [-0.3, -0.25) is 0 Å². The van der Waals surface area contributed by atoms with E-state index in [1.54, 1.807) is 0 Å². The first-order chi connectivity index (χ1) is 9.33. The van der Waals surface area contributed by atoms with Crippen molar-refractivity contribution in [3.63, 3.8) is 0 Å². The molecule has 1 aromatic rings. The molecule has 19 heavy (non-hydrogen) atoms. The normalized spacial score (nSPS) is 19.3. The van der Waals surface area contributed by atoms with E-state index in [9.17, 15) is 0 Å². The number of likely N-dealkylation sites (tertiary alicyclic amines) is 1. The summed E-state index contributed by atoms with van der Waals surface area (Å²) in [5.74, 6) is 0.937. The van der Waals surface area contributed by atoms with Crippen molar-refractivity contribution in [2.24, 2.45) is 0 Å². The van der Waals surface area contributed by atoms with Crippen molar-refractivity contribution < 1.29 is 4.74 Å². The first kappa shape index (κ1) is 12.6. The zero-order chi connectivity index (χ0) is 13.1. The number of fused-ring (bicyclic) bond motifs is 1. The highest BCUT2D eigenvalue weighted by atomic mass is 16.5. The fourth-order valence-corrected chi connectivity index (χ4v) is 3.02. The summed E-state index contributed by atoms with van der Waals surface area (Å²) in [5.41, 5.74) is 7.78. The van der Waals surface area contributed by atoms with Crippen molar-refractivity contribution in [3.8, 4) is 5.75 Å². The Bertz CT molecular complexity index is 429. The summed E-state index contributed by atoms with van der Waals surface area (Å²) in [6.07, 6.45) is 3.98. The van der Waals surface area contributed by atoms with Crippen molar-refractivity contribution >= 4 is 11.4 Å². The third kappa shape index (κ3) is 2.95. The molecule has 0 spiro atoms. The predicted octanol–water partition coefficient (Wildman–Crippen LogP) is 1.95. The molecular formula is C15H23N3O. The van der Waals surface area contributed by atoms with Gasteiger partial charge in [-0.1, -0.05) is 0 Å². The molecule has 0 bridgehead atoms. The minimum Gasteiger partial charge on any atom is -0.489 e. The molecule has 1 fully saturated rings. The number of ether oxygens (including phenoxy) is 1. The number of hydrogen-bond donors (Lipinski definition) is 1. The third-order valence-electron chi connectivity index (χ3n) is 4.04. The van der Waals surface area contributed by atoms with E-state index in [0.29, 0.717) is 0 Å². The van der Waals surface area contributed by atoms with Crippen LogP contribution in [0.5, 0.6) is 5.75 Å². The second-order valence-corrected chi connectivity index (χ2v) is 5.46. The fourth-order valence-electron chi connectivity index (χ4n) is 3.02. The maximum Gasteiger partial charge on any atom is 0.144 e. The van der Waals surface area contributed by atoms with Crippen molar-refractivity contribution in [3.05, 3.63) is 18.2 Å². The largest absolute Gasteiger partial charge is 0.489 e. The maximum absolute atomic E-state index is 5.80. The van der Waals surface area contributed by atoms with E-state index in [4.69, 9.17) is 10.5 Å². The van der Waals surface area contributed by atoms with Crippen LogP contribution in [0.15, 0.2) is 18.2 Å². The summed E-state index contributed by atoms with van der Waals surface area (Å²) < 4.78 is 5.68. The van der Waals surface area contributed by atoms with Crippen LogP contribution in [0.3, 0.4) is 0 Å². The Morgan fingerprint density at radius 2 is 1.95 bits per heavy atom. The van der Waals surface area contributed by atoms with Gasteiger partial charge in [-0.05, 0) is 51.0 Å². The number of rotatable bonds is 4. The number of hydrogen-bond acceptors (Lipinski definition) is 4. The van der Waals surface area contributed by atoms with Gasteiger partial charge in [-0.2, -0.15) is 0 Å². The van der Waals surface area contributed by atoms with Gasteiger partial charge in [-0.15, -0.1) is 0 Å². The zero-order valence-electron chi connectivity index (χ0n) is 11.5. The Kier molecular flexibility index (Phi) is 3.78. The predicted molar refractivity (Wildman–Crippen MR) is 78.9 cm³/mol. The standard InChI is InChI=1S/C15H23N3O/c16-13-4-5-14-15(12-13)19-11-10-18(14)9-3-8-17-6-1-2-7-17/h4-5,12H,1-3,6-11,16H2. The molecule has 0 amide bonds. The van der Waals surface area contributed by atoms with Crippen molar-refractivity contribution in [1.82, 2.24) is 4.90 Å². The van der Waals surface area contributed by atoms with Gasteiger partial charge in [0.2, 0.25) is 0 Å². The van der Waals surface area contributed by atoms with Crippen LogP contribution in [0.1, 0.15) is 19.3 Å². The first-order valence-electron chi connectivity index (χ1n) is 7.32. The smallest absolute Gasteiger partial charge is 0.144 e. The molecule has 2 N–H and O–H groups in total. The Morgan fingerprint density at radius 1 is 1.11 bits per heavy atom. The van der Waals surface area contributed by atoms with Gasteiger partial charge in [0.25, 0.3) is 0 Å². The Balaban J connectivity index is 1.57. The number of nitrogen functional groups attached to an aromatic ring is 1. The van der Waals surface area contributed by atoms with Crippen LogP contribution in [-0.4, -0.2) is 44.2 Å². The zero-order valence-corrected chi connectivity index (χ0v) is 11.5. The molecule has 2 heterocycles. The second-order valence-electron chi connectivity index (χ2n) is 5.46. The van der Waals surface area contributed by atoms with Crippen LogP contribution >= 0.6 is 0 Å². The SMILES string of the molecule is Nc1ccc2c(c1)OCCN2CCCN1CCCC1. The molecule has 104 valence electrons. The lowest BCUT2D eigenvalue weighted by molar-refractivity contribution is 0.301. The molecule has 3 rings (SSSR count). The number of nitrogens with two attached hydrogens (primary N) is 1. The van der Waals surface area contributed by atoms with E-state index in [1.807, 2.05) is 12.1 Å². The highest BCUT2D eigenvalue weighted by molar-refractivity contribution is 5.65. The van der Waals surface area contributed by atoms with Gasteiger partial charge in [0.05, 0.1) is 12.2 Å². The molecule has 4 nitrogen and oxygen atoms in total. The average Bonchev–Trinajstić information content (AvgIpc) is 2.92. The van der Waals surface area contributed by atoms with E-state index in [0.717, 1.165) is 31.1 Å². The third-order valence-corrected chi connectivity index (χ3v) is 4.04. The summed E-state index contributed by atoms with van der Waals surface area (Å²) in [6.45, 7) is 6.65. The summed E-state index contributed by atoms with van der Waals surface area (Å²) in [6, 6.07) is 5.97. The van der Waals surface area contributed by atoms with Crippen LogP contribution in [0.4, 0.5) is 11.4 Å². The minimum atomic E-state index is 0.764. The quantitative estimate of drug-likeness (QED) is 0.841. The Hall–Kier alpha value is -1.42. The topological polar surface area (TPSA) is 41.7 Å². The lowest BCUT2D eigenvalue weighted by atomic mass is 10.2. The van der Waals surface area contributed by atoms with Crippen LogP contribution < -0.4 is 15.4 Å². The van der Waals surface area contributed by atoms with Crippen molar-refractivity contribution in [2.45, 2.75) is 19.3 Å². The molecule has 0 aliphatic carbocycles. The van der Waals surface area contributed by atoms with E-state index in [2.05, 4.69) is 15.9 Å². The highest BCUT2D eigenvalue weighted by Gasteiger charge is 2.18. The van der Waals surface area contributed by atoms with Gasteiger partial charge in [0.1, 0.15) is 12.4 Å². The summed E-state index contributed by atoms with van der Waals surface area (Å²) in [7, 11) is 0. The van der Waals surface area contributed by atoms with Crippen LogP contribution in [0.2, 0.25) is 0 Å². The molecule has 0 atom stereocenters. The molecular weight excluding hydrogens is 238 g/mol. The van der Waals surface area contributed by atoms with E-state index in [1.165, 1.54) is 44.6 Å². The number of nitrogens with zero attached hydrogens (tertiary/aromatic N) is 2. The van der Waals surface area contributed by atoms with Gasteiger partial charge < -0.3 is 20.3 Å². The minimum absolute atomic E-state index is 0.764. The summed E-state index contributed by atoms with van der Waals surface area (Å²) >= 11 is 0. The van der Waals surface area contributed by atoms with Crippen LogP contribution in [0.25, 0.3) is 0 Å². The molecule has 1 saturated heterocycles. The highest BCUT2D eigenvalue weighted by Crippen LogP contribution is 2.33. The molecule has 1 aromatic carbocycles. The lowest BCUT2D eigenvalue weighted by Crippen LogP contribution is -2.35. The maximum atomic E-state index is 5.80. The first-order valence-corrected chi connectivity index (χ1v) is 7.32. The van der Waals surface area contributed by atoms with Gasteiger partial charge in [0, 0.05) is 18.3 Å². The molecule has 2 aliphatic rings. The number of benzene rings is 1. The van der Waals surface area contributed by atoms with Gasteiger partial charge >= 0.3 is 0 Å². The van der Waals surface area contributed by atoms with Gasteiger partial charge in [0.15, 0.2) is 0 Å². The van der Waals surface area contributed by atoms with Gasteiger partial charge in [-0.25, -0.2) is 0 Å². The van der Waals surface area contributed by atoms with E-state index < -0.39 is 0 Å². The molecule has 0 radical (unpaired) electrons. The molecule has 0 unspecified atom stereocenters. The fraction of sp³-hybridized carbons (Fsp3) is 0.600. The monoisotopic (exact) mass is 261 g/mol. The number of anilines is 2. The molecule has 2 aliphatic heterocycles. The molecule has 4 heteroatoms. The second kappa shape index (κ2) is 5.70. The average molecular weight is 261 g/mol.